The fourth-order valence-electron chi connectivity index (χ4n) is 3.77. The van der Waals surface area contributed by atoms with Gasteiger partial charge in [-0.1, -0.05) is 42.5 Å². The SMILES string of the molecule is O=C(NCCc1cccs1)c1cccc(S(=O)(=O)N2CCN(Cc3ccccc3)CC2)c1. The summed E-state index contributed by atoms with van der Waals surface area (Å²) < 4.78 is 27.9. The second-order valence-corrected chi connectivity index (χ2v) is 10.7. The topological polar surface area (TPSA) is 69.7 Å². The van der Waals surface area contributed by atoms with Gasteiger partial charge in [-0.3, -0.25) is 9.69 Å². The second-order valence-electron chi connectivity index (χ2n) is 7.78. The highest BCUT2D eigenvalue weighted by molar-refractivity contribution is 7.89. The maximum absolute atomic E-state index is 13.2. The predicted octanol–water partition coefficient (Wildman–Crippen LogP) is 3.23. The summed E-state index contributed by atoms with van der Waals surface area (Å²) in [5.74, 6) is -0.258. The van der Waals surface area contributed by atoms with E-state index in [-0.39, 0.29) is 10.8 Å². The standard InChI is InChI=1S/C24H27N3O3S2/c28-24(25-12-11-22-9-5-17-31-22)21-8-4-10-23(18-21)32(29,30)27-15-13-26(14-16-27)19-20-6-2-1-3-7-20/h1-10,17-18H,11-16,19H2,(H,25,28). The molecule has 0 bridgehead atoms. The number of carbonyl (C=O) groups is 1. The number of piperazine rings is 1. The molecule has 8 heteroatoms. The molecule has 1 fully saturated rings. The molecule has 168 valence electrons. The third-order valence-corrected chi connectivity index (χ3v) is 8.38. The third-order valence-electron chi connectivity index (χ3n) is 5.55. The average Bonchev–Trinajstić information content (AvgIpc) is 3.34. The molecule has 0 radical (unpaired) electrons. The molecule has 0 atom stereocenters. The highest BCUT2D eigenvalue weighted by Crippen LogP contribution is 2.20. The number of hydrogen-bond donors (Lipinski definition) is 1. The van der Waals surface area contributed by atoms with Crippen molar-refractivity contribution in [2.24, 2.45) is 0 Å². The van der Waals surface area contributed by atoms with Crippen molar-refractivity contribution in [3.8, 4) is 0 Å². The zero-order valence-electron chi connectivity index (χ0n) is 17.8. The smallest absolute Gasteiger partial charge is 0.251 e. The van der Waals surface area contributed by atoms with E-state index in [1.807, 2.05) is 35.7 Å². The number of thiophene rings is 1. The summed E-state index contributed by atoms with van der Waals surface area (Å²) in [7, 11) is -3.64. The van der Waals surface area contributed by atoms with Crippen molar-refractivity contribution in [1.82, 2.24) is 14.5 Å². The Balaban J connectivity index is 1.35. The highest BCUT2D eigenvalue weighted by Gasteiger charge is 2.29. The van der Waals surface area contributed by atoms with Crippen LogP contribution in [-0.2, 0) is 23.0 Å². The molecular formula is C24H27N3O3S2. The zero-order chi connectivity index (χ0) is 22.4. The number of benzene rings is 2. The summed E-state index contributed by atoms with van der Waals surface area (Å²) in [6, 6.07) is 20.5. The van der Waals surface area contributed by atoms with Crippen molar-refractivity contribution >= 4 is 27.3 Å². The molecule has 2 aromatic carbocycles. The van der Waals surface area contributed by atoms with Crippen molar-refractivity contribution in [1.29, 1.82) is 0 Å². The minimum absolute atomic E-state index is 0.167. The monoisotopic (exact) mass is 469 g/mol. The van der Waals surface area contributed by atoms with Gasteiger partial charge in [0.15, 0.2) is 0 Å². The van der Waals surface area contributed by atoms with Gasteiger partial charge < -0.3 is 5.32 Å². The Labute approximate surface area is 193 Å². The van der Waals surface area contributed by atoms with Crippen molar-refractivity contribution in [2.75, 3.05) is 32.7 Å². The fourth-order valence-corrected chi connectivity index (χ4v) is 5.95. The first-order valence-corrected chi connectivity index (χ1v) is 13.0. The van der Waals surface area contributed by atoms with E-state index in [1.165, 1.54) is 20.8 Å². The summed E-state index contributed by atoms with van der Waals surface area (Å²) >= 11 is 1.65. The van der Waals surface area contributed by atoms with Gasteiger partial charge in [0.25, 0.3) is 5.91 Å². The van der Waals surface area contributed by atoms with E-state index in [9.17, 15) is 13.2 Å². The van der Waals surface area contributed by atoms with Gasteiger partial charge in [0, 0.05) is 49.7 Å². The first-order valence-electron chi connectivity index (χ1n) is 10.7. The Morgan fingerprint density at radius 1 is 0.938 bits per heavy atom. The lowest BCUT2D eigenvalue weighted by Gasteiger charge is -2.34. The van der Waals surface area contributed by atoms with Crippen LogP contribution in [0.25, 0.3) is 0 Å². The molecule has 6 nitrogen and oxygen atoms in total. The number of nitrogens with zero attached hydrogens (tertiary/aromatic N) is 2. The van der Waals surface area contributed by atoms with Crippen molar-refractivity contribution < 1.29 is 13.2 Å². The predicted molar refractivity (Wildman–Crippen MR) is 127 cm³/mol. The molecule has 3 aromatic rings. The number of sulfonamides is 1. The number of rotatable bonds is 8. The average molecular weight is 470 g/mol. The van der Waals surface area contributed by atoms with E-state index in [2.05, 4.69) is 22.3 Å². The molecule has 0 saturated carbocycles. The van der Waals surface area contributed by atoms with Crippen LogP contribution in [0, 0.1) is 0 Å². The summed E-state index contributed by atoms with van der Waals surface area (Å²) in [6.45, 7) is 3.56. The zero-order valence-corrected chi connectivity index (χ0v) is 19.4. The molecule has 1 saturated heterocycles. The molecule has 0 aliphatic carbocycles. The van der Waals surface area contributed by atoms with Crippen molar-refractivity contribution in [3.63, 3.8) is 0 Å². The van der Waals surface area contributed by atoms with Crippen LogP contribution < -0.4 is 5.32 Å². The van der Waals surface area contributed by atoms with Gasteiger partial charge in [0.1, 0.15) is 0 Å². The van der Waals surface area contributed by atoms with E-state index >= 15 is 0 Å². The fraction of sp³-hybridized carbons (Fsp3) is 0.292. The van der Waals surface area contributed by atoms with Crippen LogP contribution in [0.1, 0.15) is 20.8 Å². The van der Waals surface area contributed by atoms with Crippen LogP contribution in [0.5, 0.6) is 0 Å². The molecule has 1 aliphatic heterocycles. The molecule has 1 N–H and O–H groups in total. The van der Waals surface area contributed by atoms with Crippen molar-refractivity contribution in [3.05, 3.63) is 88.1 Å². The van der Waals surface area contributed by atoms with E-state index in [1.54, 1.807) is 29.5 Å². The molecule has 2 heterocycles. The van der Waals surface area contributed by atoms with Crippen LogP contribution in [0.4, 0.5) is 0 Å². The molecule has 0 spiro atoms. The van der Waals surface area contributed by atoms with E-state index in [0.29, 0.717) is 38.3 Å². The molecule has 0 unspecified atom stereocenters. The molecule has 1 aliphatic rings. The maximum atomic E-state index is 13.2. The van der Waals surface area contributed by atoms with E-state index < -0.39 is 10.0 Å². The van der Waals surface area contributed by atoms with Gasteiger partial charge in [0.05, 0.1) is 4.90 Å². The van der Waals surface area contributed by atoms with Gasteiger partial charge in [-0.25, -0.2) is 8.42 Å². The normalized spacial score (nSPS) is 15.5. The Bertz CT molecular complexity index is 1120. The number of carbonyl (C=O) groups excluding carboxylic acids is 1. The maximum Gasteiger partial charge on any atom is 0.251 e. The molecule has 4 rings (SSSR count). The molecule has 32 heavy (non-hydrogen) atoms. The molecular weight excluding hydrogens is 442 g/mol. The first-order chi connectivity index (χ1) is 15.5. The van der Waals surface area contributed by atoms with Crippen molar-refractivity contribution in [2.45, 2.75) is 17.9 Å². The molecule has 1 aromatic heterocycles. The highest BCUT2D eigenvalue weighted by atomic mass is 32.2. The van der Waals surface area contributed by atoms with Gasteiger partial charge in [-0.15, -0.1) is 11.3 Å². The van der Waals surface area contributed by atoms with Crippen LogP contribution >= 0.6 is 11.3 Å². The van der Waals surface area contributed by atoms with Gasteiger partial charge in [-0.05, 0) is 41.6 Å². The minimum atomic E-state index is -3.64. The van der Waals surface area contributed by atoms with Crippen LogP contribution in [0.15, 0.2) is 77.0 Å². The van der Waals surface area contributed by atoms with Crippen LogP contribution in [0.2, 0.25) is 0 Å². The van der Waals surface area contributed by atoms with Gasteiger partial charge in [-0.2, -0.15) is 4.31 Å². The second kappa shape index (κ2) is 10.4. The lowest BCUT2D eigenvalue weighted by molar-refractivity contribution is 0.0954. The summed E-state index contributed by atoms with van der Waals surface area (Å²) in [6.07, 6.45) is 0.759. The summed E-state index contributed by atoms with van der Waals surface area (Å²) in [5.41, 5.74) is 1.58. The number of hydrogen-bond acceptors (Lipinski definition) is 5. The van der Waals surface area contributed by atoms with E-state index in [4.69, 9.17) is 0 Å². The minimum Gasteiger partial charge on any atom is -0.352 e. The Morgan fingerprint density at radius 2 is 1.72 bits per heavy atom. The Hall–Kier alpha value is -2.52. The number of amides is 1. The summed E-state index contributed by atoms with van der Waals surface area (Å²) in [5, 5.41) is 4.88. The Kier molecular flexibility index (Phi) is 7.36. The molecule has 1 amide bonds. The third kappa shape index (κ3) is 5.63. The first kappa shape index (κ1) is 22.7. The number of nitrogens with one attached hydrogen (secondary N) is 1. The van der Waals surface area contributed by atoms with E-state index in [0.717, 1.165) is 13.0 Å². The summed E-state index contributed by atoms with van der Waals surface area (Å²) in [4.78, 5) is 16.2. The quantitative estimate of drug-likeness (QED) is 0.550. The lowest BCUT2D eigenvalue weighted by atomic mass is 10.2. The van der Waals surface area contributed by atoms with Gasteiger partial charge >= 0.3 is 0 Å². The van der Waals surface area contributed by atoms with Crippen LogP contribution in [0.3, 0.4) is 0 Å². The largest absolute Gasteiger partial charge is 0.352 e. The van der Waals surface area contributed by atoms with Crippen LogP contribution in [-0.4, -0.2) is 56.3 Å². The Morgan fingerprint density at radius 3 is 2.44 bits per heavy atom. The van der Waals surface area contributed by atoms with Gasteiger partial charge in [0.2, 0.25) is 10.0 Å². The lowest BCUT2D eigenvalue weighted by Crippen LogP contribution is -2.48.